The molecule has 0 fully saturated rings. The minimum absolute atomic E-state index is 0.672. The van der Waals surface area contributed by atoms with Crippen LogP contribution in [0.2, 0.25) is 0 Å². The molecule has 0 atom stereocenters. The van der Waals surface area contributed by atoms with Crippen molar-refractivity contribution in [3.63, 3.8) is 0 Å². The van der Waals surface area contributed by atoms with Gasteiger partial charge < -0.3 is 4.52 Å². The van der Waals surface area contributed by atoms with Crippen LogP contribution in [0.3, 0.4) is 0 Å². The third-order valence-electron chi connectivity index (χ3n) is 2.76. The molecular formula is C11H21O2P. The minimum atomic E-state index is -2.30. The number of hydrogen-bond acceptors (Lipinski definition) is 2. The topological polar surface area (TPSA) is 26.3 Å². The molecule has 0 aliphatic carbocycles. The van der Waals surface area contributed by atoms with Gasteiger partial charge in [0.25, 0.3) is 0 Å². The van der Waals surface area contributed by atoms with E-state index in [0.29, 0.717) is 18.9 Å². The molecule has 0 bridgehead atoms. The smallest absolute Gasteiger partial charge is 0.211 e. The van der Waals surface area contributed by atoms with Gasteiger partial charge in [0.15, 0.2) is 0 Å². The van der Waals surface area contributed by atoms with Crippen molar-refractivity contribution in [1.82, 2.24) is 0 Å². The molecule has 0 radical (unpaired) electrons. The molecule has 1 rings (SSSR count). The largest absolute Gasteiger partial charge is 0.328 e. The first-order chi connectivity index (χ1) is 6.57. The fraction of sp³-hybridized carbons (Fsp3) is 0.818. The second-order valence-corrected chi connectivity index (χ2v) is 6.75. The van der Waals surface area contributed by atoms with Crippen molar-refractivity contribution in [3.8, 4) is 0 Å². The van der Waals surface area contributed by atoms with E-state index in [1.165, 1.54) is 24.0 Å². The number of unbranched alkanes of at least 4 members (excludes halogenated alkanes) is 2. The second kappa shape index (κ2) is 5.14. The quantitative estimate of drug-likeness (QED) is 0.396. The summed E-state index contributed by atoms with van der Waals surface area (Å²) in [5.41, 5.74) is 2.53. The van der Waals surface area contributed by atoms with E-state index >= 15 is 0 Å². The Morgan fingerprint density at radius 2 is 1.79 bits per heavy atom. The average Bonchev–Trinajstić information content (AvgIpc) is 2.36. The first-order valence-electron chi connectivity index (χ1n) is 5.45. The fourth-order valence-electron chi connectivity index (χ4n) is 1.72. The molecule has 0 amide bonds. The van der Waals surface area contributed by atoms with Crippen molar-refractivity contribution in [2.45, 2.75) is 40.0 Å². The number of allylic oxidation sites excluding steroid dienone is 2. The standard InChI is InChI=1S/C11H21O2P/c1-4-5-6-7-13-14(12)8-10(2)11(3)9-14/h4-9H2,1-3H3. The van der Waals surface area contributed by atoms with Crippen LogP contribution in [0.25, 0.3) is 0 Å². The van der Waals surface area contributed by atoms with Crippen LogP contribution in [0.4, 0.5) is 0 Å². The van der Waals surface area contributed by atoms with Crippen molar-refractivity contribution < 1.29 is 9.09 Å². The van der Waals surface area contributed by atoms with Gasteiger partial charge in [-0.05, 0) is 20.3 Å². The first-order valence-corrected chi connectivity index (χ1v) is 7.45. The Morgan fingerprint density at radius 3 is 2.29 bits per heavy atom. The zero-order valence-electron chi connectivity index (χ0n) is 9.51. The fourth-order valence-corrected chi connectivity index (χ4v) is 4.46. The van der Waals surface area contributed by atoms with Crippen LogP contribution in [0.5, 0.6) is 0 Å². The van der Waals surface area contributed by atoms with Gasteiger partial charge in [0.05, 0.1) is 6.61 Å². The lowest BCUT2D eigenvalue weighted by Crippen LogP contribution is -1.96. The Kier molecular flexibility index (Phi) is 4.40. The first kappa shape index (κ1) is 12.0. The Bertz CT molecular complexity index is 250. The molecule has 1 aliphatic rings. The molecule has 82 valence electrons. The minimum Gasteiger partial charge on any atom is -0.328 e. The van der Waals surface area contributed by atoms with Crippen molar-refractivity contribution in [1.29, 1.82) is 0 Å². The Morgan fingerprint density at radius 1 is 1.21 bits per heavy atom. The number of hydrogen-bond donors (Lipinski definition) is 0. The van der Waals surface area contributed by atoms with Crippen LogP contribution in [0, 0.1) is 0 Å². The molecule has 0 aromatic rings. The maximum atomic E-state index is 12.1. The number of rotatable bonds is 5. The summed E-state index contributed by atoms with van der Waals surface area (Å²) in [6.45, 7) is 6.95. The zero-order chi connectivity index (χ0) is 10.6. The van der Waals surface area contributed by atoms with Gasteiger partial charge in [-0.3, -0.25) is 4.57 Å². The normalized spacial score (nSPS) is 20.5. The van der Waals surface area contributed by atoms with E-state index in [1.807, 2.05) is 0 Å². The van der Waals surface area contributed by atoms with E-state index < -0.39 is 7.37 Å². The van der Waals surface area contributed by atoms with Crippen molar-refractivity contribution in [2.24, 2.45) is 0 Å². The maximum absolute atomic E-state index is 12.1. The van der Waals surface area contributed by atoms with Gasteiger partial charge in [-0.2, -0.15) is 0 Å². The summed E-state index contributed by atoms with van der Waals surface area (Å²) in [5, 5.41) is 0. The Balaban J connectivity index is 2.30. The molecule has 3 heteroatoms. The molecule has 0 saturated heterocycles. The van der Waals surface area contributed by atoms with E-state index in [2.05, 4.69) is 20.8 Å². The van der Waals surface area contributed by atoms with Crippen LogP contribution in [-0.4, -0.2) is 18.9 Å². The summed E-state index contributed by atoms with van der Waals surface area (Å²) < 4.78 is 17.7. The average molecular weight is 216 g/mol. The van der Waals surface area contributed by atoms with Gasteiger partial charge >= 0.3 is 0 Å². The summed E-state index contributed by atoms with van der Waals surface area (Å²) in [4.78, 5) is 0. The lowest BCUT2D eigenvalue weighted by Gasteiger charge is -2.12. The predicted octanol–water partition coefficient (Wildman–Crippen LogP) is 3.82. The molecule has 0 spiro atoms. The summed E-state index contributed by atoms with van der Waals surface area (Å²) in [6, 6.07) is 0. The highest BCUT2D eigenvalue weighted by atomic mass is 31.2. The van der Waals surface area contributed by atoms with E-state index in [0.717, 1.165) is 6.42 Å². The third-order valence-corrected chi connectivity index (χ3v) is 5.32. The molecule has 1 aliphatic heterocycles. The highest BCUT2D eigenvalue weighted by Crippen LogP contribution is 2.54. The maximum Gasteiger partial charge on any atom is 0.211 e. The lowest BCUT2D eigenvalue weighted by atomic mass is 10.2. The summed E-state index contributed by atoms with van der Waals surface area (Å²) in [5.74, 6) is 0. The van der Waals surface area contributed by atoms with Crippen molar-refractivity contribution >= 4 is 7.37 Å². The molecule has 1 heterocycles. The zero-order valence-corrected chi connectivity index (χ0v) is 10.4. The molecule has 0 N–H and O–H groups in total. The van der Waals surface area contributed by atoms with E-state index in [-0.39, 0.29) is 0 Å². The summed E-state index contributed by atoms with van der Waals surface area (Å²) >= 11 is 0. The molecule has 0 aromatic heterocycles. The van der Waals surface area contributed by atoms with Crippen molar-refractivity contribution in [2.75, 3.05) is 18.9 Å². The Labute approximate surface area is 87.2 Å². The van der Waals surface area contributed by atoms with Crippen LogP contribution >= 0.6 is 7.37 Å². The second-order valence-electron chi connectivity index (χ2n) is 4.23. The van der Waals surface area contributed by atoms with Gasteiger partial charge in [-0.25, -0.2) is 0 Å². The van der Waals surface area contributed by atoms with Gasteiger partial charge in [0, 0.05) is 12.3 Å². The van der Waals surface area contributed by atoms with Gasteiger partial charge in [-0.15, -0.1) is 0 Å². The molecule has 0 aromatic carbocycles. The predicted molar refractivity (Wildman–Crippen MR) is 61.2 cm³/mol. The highest BCUT2D eigenvalue weighted by Gasteiger charge is 2.30. The lowest BCUT2D eigenvalue weighted by molar-refractivity contribution is 0.307. The molecular weight excluding hydrogens is 195 g/mol. The monoisotopic (exact) mass is 216 g/mol. The Hall–Kier alpha value is -0.0700. The molecule has 14 heavy (non-hydrogen) atoms. The van der Waals surface area contributed by atoms with Crippen molar-refractivity contribution in [3.05, 3.63) is 11.1 Å². The van der Waals surface area contributed by atoms with Gasteiger partial charge in [0.2, 0.25) is 7.37 Å². The van der Waals surface area contributed by atoms with E-state index in [9.17, 15) is 4.57 Å². The van der Waals surface area contributed by atoms with Gasteiger partial charge in [-0.1, -0.05) is 30.9 Å². The van der Waals surface area contributed by atoms with Crippen LogP contribution in [0.1, 0.15) is 40.0 Å². The molecule has 0 saturated carbocycles. The summed E-state index contributed by atoms with van der Waals surface area (Å²) in [6.07, 6.45) is 4.77. The van der Waals surface area contributed by atoms with Crippen LogP contribution in [0.15, 0.2) is 11.1 Å². The van der Waals surface area contributed by atoms with Crippen LogP contribution in [-0.2, 0) is 9.09 Å². The van der Waals surface area contributed by atoms with E-state index in [1.54, 1.807) is 0 Å². The third kappa shape index (κ3) is 3.25. The molecule has 0 unspecified atom stereocenters. The van der Waals surface area contributed by atoms with E-state index in [4.69, 9.17) is 4.52 Å². The van der Waals surface area contributed by atoms with Gasteiger partial charge in [0.1, 0.15) is 0 Å². The molecule has 2 nitrogen and oxygen atoms in total. The highest BCUT2D eigenvalue weighted by molar-refractivity contribution is 7.59. The van der Waals surface area contributed by atoms with Crippen LogP contribution < -0.4 is 0 Å². The summed E-state index contributed by atoms with van der Waals surface area (Å²) in [7, 11) is -2.30. The SMILES string of the molecule is CCCCCOP1(=O)CC(C)=C(C)C1.